The van der Waals surface area contributed by atoms with Gasteiger partial charge < -0.3 is 15.0 Å². The van der Waals surface area contributed by atoms with Crippen LogP contribution in [0, 0.1) is 5.82 Å². The Bertz CT molecular complexity index is 991. The van der Waals surface area contributed by atoms with E-state index < -0.39 is 5.82 Å². The van der Waals surface area contributed by atoms with Crippen LogP contribution in [0.4, 0.5) is 15.8 Å². The van der Waals surface area contributed by atoms with Gasteiger partial charge in [0.05, 0.1) is 24.0 Å². The second-order valence-corrected chi connectivity index (χ2v) is 8.63. The number of amides is 2. The first-order valence-corrected chi connectivity index (χ1v) is 11.5. The van der Waals surface area contributed by atoms with Gasteiger partial charge in [0.1, 0.15) is 5.82 Å². The van der Waals surface area contributed by atoms with E-state index in [0.29, 0.717) is 36.0 Å². The number of carbonyl (C=O) groups is 2. The minimum atomic E-state index is -0.447. The molecule has 2 amide bonds. The van der Waals surface area contributed by atoms with Crippen LogP contribution in [0.2, 0.25) is 0 Å². The van der Waals surface area contributed by atoms with Crippen LogP contribution in [0.15, 0.2) is 42.5 Å². The van der Waals surface area contributed by atoms with Crippen molar-refractivity contribution in [3.63, 3.8) is 0 Å². The molecule has 176 valence electrons. The number of likely N-dealkylation sites (tertiary alicyclic amines) is 1. The van der Waals surface area contributed by atoms with Gasteiger partial charge in [-0.1, -0.05) is 18.2 Å². The first kappa shape index (κ1) is 23.2. The standard InChI is InChI=1S/C25H31FN4O3/c1-33-20-11-14-29(15-12-20)13-5-4-8-24(31)27-22-16-19(26)9-10-23(22)30-17-18-6-2-3-7-21(18)25(32)28-30/h2-3,6-7,9-10,16,20H,4-5,8,11-15,17H2,1H3,(H,27,31)(H,28,32). The number of benzene rings is 2. The smallest absolute Gasteiger partial charge is 0.270 e. The van der Waals surface area contributed by atoms with E-state index in [9.17, 15) is 14.0 Å². The molecule has 2 aromatic carbocycles. The van der Waals surface area contributed by atoms with Crippen molar-refractivity contribution >= 4 is 23.2 Å². The van der Waals surface area contributed by atoms with E-state index in [-0.39, 0.29) is 11.8 Å². The molecule has 1 saturated heterocycles. The van der Waals surface area contributed by atoms with E-state index in [0.717, 1.165) is 50.9 Å². The number of hydrazine groups is 1. The molecule has 0 bridgehead atoms. The number of anilines is 2. The first-order valence-electron chi connectivity index (χ1n) is 11.5. The summed E-state index contributed by atoms with van der Waals surface area (Å²) < 4.78 is 19.4. The Morgan fingerprint density at radius 3 is 2.76 bits per heavy atom. The van der Waals surface area contributed by atoms with Crippen molar-refractivity contribution in [1.29, 1.82) is 0 Å². The number of fused-ring (bicyclic) bond motifs is 1. The van der Waals surface area contributed by atoms with Gasteiger partial charge in [-0.05, 0) is 62.1 Å². The number of hydrogen-bond donors (Lipinski definition) is 2. The third-order valence-electron chi connectivity index (χ3n) is 6.35. The topological polar surface area (TPSA) is 73.9 Å². The molecule has 0 unspecified atom stereocenters. The lowest BCUT2D eigenvalue weighted by atomic mass is 10.0. The van der Waals surface area contributed by atoms with Crippen molar-refractivity contribution in [2.45, 2.75) is 44.8 Å². The van der Waals surface area contributed by atoms with Gasteiger partial charge in [-0.25, -0.2) is 4.39 Å². The second kappa shape index (κ2) is 10.8. The van der Waals surface area contributed by atoms with Gasteiger partial charge in [0, 0.05) is 32.2 Å². The summed E-state index contributed by atoms with van der Waals surface area (Å²) >= 11 is 0. The molecule has 2 N–H and O–H groups in total. The van der Waals surface area contributed by atoms with E-state index in [2.05, 4.69) is 15.6 Å². The highest BCUT2D eigenvalue weighted by Gasteiger charge is 2.24. The summed E-state index contributed by atoms with van der Waals surface area (Å²) in [7, 11) is 1.76. The zero-order valence-electron chi connectivity index (χ0n) is 19.0. The summed E-state index contributed by atoms with van der Waals surface area (Å²) in [4.78, 5) is 27.5. The summed E-state index contributed by atoms with van der Waals surface area (Å²) in [6.07, 6.45) is 4.52. The Kier molecular flexibility index (Phi) is 7.57. The van der Waals surface area contributed by atoms with Crippen molar-refractivity contribution in [3.05, 3.63) is 59.4 Å². The third kappa shape index (κ3) is 5.89. The lowest BCUT2D eigenvalue weighted by Crippen LogP contribution is -2.46. The van der Waals surface area contributed by atoms with Gasteiger partial charge in [0.25, 0.3) is 5.91 Å². The zero-order valence-corrected chi connectivity index (χ0v) is 19.0. The Morgan fingerprint density at radius 2 is 1.97 bits per heavy atom. The van der Waals surface area contributed by atoms with Crippen LogP contribution in [0.1, 0.15) is 48.0 Å². The normalized spacial score (nSPS) is 16.9. The molecule has 1 fully saturated rings. The molecule has 8 heteroatoms. The lowest BCUT2D eigenvalue weighted by molar-refractivity contribution is -0.116. The minimum Gasteiger partial charge on any atom is -0.381 e. The highest BCUT2D eigenvalue weighted by molar-refractivity contribution is 5.99. The average Bonchev–Trinajstić information content (AvgIpc) is 2.82. The van der Waals surface area contributed by atoms with Crippen LogP contribution in [-0.2, 0) is 16.1 Å². The number of methoxy groups -OCH3 is 1. The highest BCUT2D eigenvalue weighted by atomic mass is 19.1. The number of carbonyl (C=O) groups excluding carboxylic acids is 2. The fourth-order valence-corrected chi connectivity index (χ4v) is 4.46. The molecule has 2 aromatic rings. The van der Waals surface area contributed by atoms with Crippen LogP contribution in [0.3, 0.4) is 0 Å². The fraction of sp³-hybridized carbons (Fsp3) is 0.440. The number of piperidine rings is 1. The lowest BCUT2D eigenvalue weighted by Gasteiger charge is -2.32. The fourth-order valence-electron chi connectivity index (χ4n) is 4.46. The predicted molar refractivity (Wildman–Crippen MR) is 125 cm³/mol. The average molecular weight is 455 g/mol. The van der Waals surface area contributed by atoms with E-state index in [1.807, 2.05) is 18.2 Å². The van der Waals surface area contributed by atoms with Gasteiger partial charge in [-0.3, -0.25) is 20.0 Å². The molecule has 2 heterocycles. The summed E-state index contributed by atoms with van der Waals surface area (Å²) in [6, 6.07) is 11.5. The highest BCUT2D eigenvalue weighted by Crippen LogP contribution is 2.30. The molecule has 7 nitrogen and oxygen atoms in total. The van der Waals surface area contributed by atoms with Crippen LogP contribution >= 0.6 is 0 Å². The van der Waals surface area contributed by atoms with E-state index in [1.165, 1.54) is 12.1 Å². The molecule has 2 aliphatic heterocycles. The van der Waals surface area contributed by atoms with Gasteiger partial charge in [0.2, 0.25) is 5.91 Å². The molecule has 0 saturated carbocycles. The number of hydrogen-bond acceptors (Lipinski definition) is 5. The Morgan fingerprint density at radius 1 is 1.18 bits per heavy atom. The quantitative estimate of drug-likeness (QED) is 0.595. The SMILES string of the molecule is COC1CCN(CCCCC(=O)Nc2cc(F)ccc2N2Cc3ccccc3C(=O)N2)CC1. The molecule has 2 aliphatic rings. The van der Waals surface area contributed by atoms with Crippen molar-refractivity contribution in [3.8, 4) is 0 Å². The Balaban J connectivity index is 1.32. The Labute approximate surface area is 193 Å². The van der Waals surface area contributed by atoms with Gasteiger partial charge >= 0.3 is 0 Å². The van der Waals surface area contributed by atoms with E-state index >= 15 is 0 Å². The van der Waals surface area contributed by atoms with Crippen molar-refractivity contribution < 1.29 is 18.7 Å². The number of rotatable bonds is 8. The van der Waals surface area contributed by atoms with Crippen molar-refractivity contribution in [2.75, 3.05) is 37.1 Å². The monoisotopic (exact) mass is 454 g/mol. The predicted octanol–water partition coefficient (Wildman–Crippen LogP) is 3.71. The van der Waals surface area contributed by atoms with Gasteiger partial charge in [0.15, 0.2) is 0 Å². The molecule has 0 spiro atoms. The number of halogens is 1. The van der Waals surface area contributed by atoms with E-state index in [4.69, 9.17) is 4.74 Å². The minimum absolute atomic E-state index is 0.163. The molecular formula is C25H31FN4O3. The molecule has 0 aromatic heterocycles. The third-order valence-corrected chi connectivity index (χ3v) is 6.35. The zero-order chi connectivity index (χ0) is 23.2. The summed E-state index contributed by atoms with van der Waals surface area (Å²) in [5.41, 5.74) is 5.21. The molecule has 4 rings (SSSR count). The number of unbranched alkanes of at least 4 members (excludes halogenated alkanes) is 1. The maximum atomic E-state index is 14.0. The molecular weight excluding hydrogens is 423 g/mol. The van der Waals surface area contributed by atoms with Crippen molar-refractivity contribution in [1.82, 2.24) is 10.3 Å². The number of nitrogens with one attached hydrogen (secondary N) is 2. The first-order chi connectivity index (χ1) is 16.0. The maximum absolute atomic E-state index is 14.0. The second-order valence-electron chi connectivity index (χ2n) is 8.63. The maximum Gasteiger partial charge on any atom is 0.270 e. The summed E-state index contributed by atoms with van der Waals surface area (Å²) in [6.45, 7) is 3.45. The van der Waals surface area contributed by atoms with Gasteiger partial charge in [-0.15, -0.1) is 0 Å². The van der Waals surface area contributed by atoms with Crippen LogP contribution in [0.25, 0.3) is 0 Å². The van der Waals surface area contributed by atoms with Crippen molar-refractivity contribution in [2.24, 2.45) is 0 Å². The van der Waals surface area contributed by atoms with Crippen LogP contribution in [0.5, 0.6) is 0 Å². The van der Waals surface area contributed by atoms with E-state index in [1.54, 1.807) is 24.3 Å². The molecule has 33 heavy (non-hydrogen) atoms. The summed E-state index contributed by atoms with van der Waals surface area (Å²) in [5.74, 6) is -0.839. The van der Waals surface area contributed by atoms with Gasteiger partial charge in [-0.2, -0.15) is 0 Å². The largest absolute Gasteiger partial charge is 0.381 e. The Hall–Kier alpha value is -2.97. The molecule has 0 radical (unpaired) electrons. The number of ether oxygens (including phenoxy) is 1. The molecule has 0 aliphatic carbocycles. The van der Waals surface area contributed by atoms with Crippen LogP contribution < -0.4 is 15.8 Å². The van der Waals surface area contributed by atoms with Crippen LogP contribution in [-0.4, -0.2) is 49.6 Å². The molecule has 0 atom stereocenters. The number of nitrogens with zero attached hydrogens (tertiary/aromatic N) is 2. The summed E-state index contributed by atoms with van der Waals surface area (Å²) in [5, 5.41) is 4.48.